The molecule has 2 aliphatic rings. The summed E-state index contributed by atoms with van der Waals surface area (Å²) in [5.41, 5.74) is 4.22. The molecule has 8 nitrogen and oxygen atoms in total. The monoisotopic (exact) mass is 644 g/mol. The minimum Gasteiger partial charge on any atom is -0.481 e. The van der Waals surface area contributed by atoms with Crippen LogP contribution in [0.3, 0.4) is 0 Å². The fraction of sp³-hybridized carbons (Fsp3) is 0.515. The largest absolute Gasteiger partial charge is 0.481 e. The van der Waals surface area contributed by atoms with Crippen LogP contribution in [0.25, 0.3) is 0 Å². The Balaban J connectivity index is 0.00000461. The summed E-state index contributed by atoms with van der Waals surface area (Å²) in [5, 5.41) is 23.4. The van der Waals surface area contributed by atoms with Crippen molar-refractivity contribution in [2.45, 2.75) is 77.6 Å². The number of hydrogen-bond acceptors (Lipinski definition) is 6. The van der Waals surface area contributed by atoms with E-state index in [0.29, 0.717) is 36.8 Å². The average Bonchev–Trinajstić information content (AvgIpc) is 3.45. The molecule has 1 saturated carbocycles. The van der Waals surface area contributed by atoms with Crippen molar-refractivity contribution in [1.29, 1.82) is 5.26 Å². The molecule has 12 heteroatoms. The minimum atomic E-state index is -4.58. The van der Waals surface area contributed by atoms with Gasteiger partial charge in [-0.05, 0) is 111 Å². The fourth-order valence-electron chi connectivity index (χ4n) is 6.65. The molecule has 0 unspecified atom stereocenters. The van der Waals surface area contributed by atoms with Crippen LogP contribution in [-0.4, -0.2) is 38.9 Å². The maximum absolute atomic E-state index is 13.7. The number of nitriles is 1. The number of fused-ring (bicyclic) bond motifs is 1. The summed E-state index contributed by atoms with van der Waals surface area (Å²) in [5.74, 6) is -0.198. The van der Waals surface area contributed by atoms with Gasteiger partial charge in [-0.1, -0.05) is 6.07 Å². The number of anilines is 2. The predicted octanol–water partition coefficient (Wildman–Crippen LogP) is 6.93. The van der Waals surface area contributed by atoms with Gasteiger partial charge in [0, 0.05) is 38.9 Å². The van der Waals surface area contributed by atoms with E-state index < -0.39 is 17.7 Å². The molecule has 1 fully saturated rings. The maximum Gasteiger partial charge on any atom is 0.416 e. The van der Waals surface area contributed by atoms with Gasteiger partial charge in [-0.15, -0.1) is 17.5 Å². The second-order valence-corrected chi connectivity index (χ2v) is 12.2. The van der Waals surface area contributed by atoms with Crippen molar-refractivity contribution in [2.24, 2.45) is 18.9 Å². The highest BCUT2D eigenvalue weighted by molar-refractivity contribution is 5.85. The van der Waals surface area contributed by atoms with Gasteiger partial charge in [-0.3, -0.25) is 9.48 Å². The zero-order chi connectivity index (χ0) is 31.4. The number of hydrogen-bond donors (Lipinski definition) is 1. The summed E-state index contributed by atoms with van der Waals surface area (Å²) in [6, 6.07) is 9.86. The zero-order valence-electron chi connectivity index (χ0n) is 25.7. The Kier molecular flexibility index (Phi) is 11.0. The van der Waals surface area contributed by atoms with Crippen molar-refractivity contribution < 1.29 is 23.1 Å². The number of alkyl halides is 3. The summed E-state index contributed by atoms with van der Waals surface area (Å²) >= 11 is 0. The van der Waals surface area contributed by atoms with E-state index in [0.717, 1.165) is 75.0 Å². The molecule has 0 spiro atoms. The molecule has 0 atom stereocenters. The molecular formula is C33H40ClF3N6O2. The van der Waals surface area contributed by atoms with Crippen LogP contribution in [0.15, 0.2) is 36.7 Å². The number of halogens is 4. The Morgan fingerprint density at radius 3 is 2.31 bits per heavy atom. The third-order valence-corrected chi connectivity index (χ3v) is 8.99. The third-order valence-electron chi connectivity index (χ3n) is 8.99. The number of carbonyl (C=O) groups is 1. The Bertz CT molecular complexity index is 1530. The van der Waals surface area contributed by atoms with E-state index in [4.69, 9.17) is 0 Å². The number of aliphatic carboxylic acids is 1. The fourth-order valence-corrected chi connectivity index (χ4v) is 6.65. The lowest BCUT2D eigenvalue weighted by Gasteiger charge is -2.35. The highest BCUT2D eigenvalue weighted by Crippen LogP contribution is 2.36. The third kappa shape index (κ3) is 8.28. The van der Waals surface area contributed by atoms with Gasteiger partial charge in [0.1, 0.15) is 6.33 Å². The van der Waals surface area contributed by atoms with Crippen LogP contribution in [0, 0.1) is 23.2 Å². The summed E-state index contributed by atoms with van der Waals surface area (Å²) in [7, 11) is 1.75. The molecule has 1 N–H and O–H groups in total. The van der Waals surface area contributed by atoms with E-state index in [1.54, 1.807) is 18.1 Å². The highest BCUT2D eigenvalue weighted by Gasteiger charge is 2.32. The zero-order valence-corrected chi connectivity index (χ0v) is 26.5. The average molecular weight is 645 g/mol. The molecule has 5 rings (SSSR count). The molecule has 0 aliphatic heterocycles. The van der Waals surface area contributed by atoms with Gasteiger partial charge in [-0.25, -0.2) is 4.98 Å². The van der Waals surface area contributed by atoms with Gasteiger partial charge in [0.15, 0.2) is 0 Å². The van der Waals surface area contributed by atoms with Crippen LogP contribution in [0.1, 0.15) is 78.8 Å². The molecule has 45 heavy (non-hydrogen) atoms. The van der Waals surface area contributed by atoms with Crippen molar-refractivity contribution in [3.8, 4) is 6.07 Å². The molecule has 3 aromatic rings. The quantitative estimate of drug-likeness (QED) is 0.256. The van der Waals surface area contributed by atoms with Gasteiger partial charge in [0.05, 0.1) is 23.1 Å². The molecule has 2 aromatic carbocycles. The molecule has 0 radical (unpaired) electrons. The van der Waals surface area contributed by atoms with Gasteiger partial charge in [0.2, 0.25) is 5.95 Å². The van der Waals surface area contributed by atoms with Crippen LogP contribution in [0.2, 0.25) is 0 Å². The summed E-state index contributed by atoms with van der Waals surface area (Å²) in [6.07, 6.45) is 4.35. The number of aromatic nitrogens is 3. The van der Waals surface area contributed by atoms with E-state index in [2.05, 4.69) is 34.0 Å². The first kappa shape index (κ1) is 34.1. The molecule has 0 saturated heterocycles. The molecule has 0 amide bonds. The van der Waals surface area contributed by atoms with E-state index in [-0.39, 0.29) is 30.4 Å². The smallest absolute Gasteiger partial charge is 0.416 e. The van der Waals surface area contributed by atoms with Crippen molar-refractivity contribution in [3.63, 3.8) is 0 Å². The van der Waals surface area contributed by atoms with E-state index >= 15 is 0 Å². The number of rotatable bonds is 10. The molecule has 1 aromatic heterocycles. The van der Waals surface area contributed by atoms with Gasteiger partial charge in [-0.2, -0.15) is 18.4 Å². The van der Waals surface area contributed by atoms with E-state index in [1.807, 2.05) is 11.0 Å². The number of benzene rings is 2. The van der Waals surface area contributed by atoms with Crippen molar-refractivity contribution in [1.82, 2.24) is 14.8 Å². The Hall–Kier alpha value is -3.78. The molecule has 0 bridgehead atoms. The number of nitrogens with zero attached hydrogens (tertiary/aromatic N) is 6. The van der Waals surface area contributed by atoms with Crippen LogP contribution < -0.4 is 9.80 Å². The molecule has 2 aliphatic carbocycles. The number of carboxylic acids is 1. The van der Waals surface area contributed by atoms with Crippen LogP contribution in [0.5, 0.6) is 0 Å². The lowest BCUT2D eigenvalue weighted by atomic mass is 9.81. The Labute approximate surface area is 268 Å². The second-order valence-electron chi connectivity index (χ2n) is 12.2. The molecule has 1 heterocycles. The summed E-state index contributed by atoms with van der Waals surface area (Å²) < 4.78 is 42.7. The topological polar surface area (TPSA) is 98.3 Å². The highest BCUT2D eigenvalue weighted by atomic mass is 35.5. The first-order chi connectivity index (χ1) is 21.0. The van der Waals surface area contributed by atoms with Crippen molar-refractivity contribution in [2.75, 3.05) is 22.9 Å². The van der Waals surface area contributed by atoms with Gasteiger partial charge < -0.3 is 14.9 Å². The first-order valence-electron chi connectivity index (χ1n) is 15.4. The maximum atomic E-state index is 13.7. The first-order valence-corrected chi connectivity index (χ1v) is 15.4. The van der Waals surface area contributed by atoms with Crippen LogP contribution >= 0.6 is 12.4 Å². The van der Waals surface area contributed by atoms with E-state index in [9.17, 15) is 28.3 Å². The minimum absolute atomic E-state index is 0. The SMILES string of the molecule is CCN(CC1CCC(C(=O)O)CC1)c1cc2c(cc1CN(Cc1cc(C#N)cc(C(F)(F)F)c1)c1ncn(C)n1)CCCC2.Cl. The van der Waals surface area contributed by atoms with Crippen molar-refractivity contribution >= 4 is 30.0 Å². The number of aryl methyl sites for hydroxylation is 3. The second kappa shape index (κ2) is 14.5. The van der Waals surface area contributed by atoms with Gasteiger partial charge in [0.25, 0.3) is 0 Å². The number of carboxylic acid groups (broad SMARTS) is 1. The molecular weight excluding hydrogens is 605 g/mol. The lowest BCUT2D eigenvalue weighted by Crippen LogP contribution is -2.34. The molecule has 242 valence electrons. The predicted molar refractivity (Wildman–Crippen MR) is 168 cm³/mol. The lowest BCUT2D eigenvalue weighted by molar-refractivity contribution is -0.143. The van der Waals surface area contributed by atoms with E-state index in [1.165, 1.54) is 17.2 Å². The van der Waals surface area contributed by atoms with Crippen LogP contribution in [0.4, 0.5) is 24.8 Å². The Morgan fingerprint density at radius 1 is 1.04 bits per heavy atom. The standard InChI is InChI=1S/C33H39F3N6O2.ClH/c1-3-41(18-22-8-10-25(11-9-22)31(43)44)30-16-27-7-5-4-6-26(27)15-28(30)20-42(32-38-21-40(2)39-32)19-24-12-23(17-37)13-29(14-24)33(34,35)36;/h12-16,21-22,25H,3-11,18-20H2,1-2H3,(H,43,44);1H. The van der Waals surface area contributed by atoms with Gasteiger partial charge >= 0.3 is 12.1 Å². The summed E-state index contributed by atoms with van der Waals surface area (Å²) in [4.78, 5) is 20.2. The van der Waals surface area contributed by atoms with Crippen molar-refractivity contribution in [3.05, 3.63) is 70.0 Å². The van der Waals surface area contributed by atoms with Crippen LogP contribution in [-0.2, 0) is 43.9 Å². The Morgan fingerprint density at radius 2 is 1.73 bits per heavy atom. The summed E-state index contributed by atoms with van der Waals surface area (Å²) in [6.45, 7) is 4.16. The normalized spacial score (nSPS) is 18.0.